The molecule has 2 heterocycles. The molecule has 9 heteroatoms. The fraction of sp³-hybridized carbons (Fsp3) is 0.273. The maximum Gasteiger partial charge on any atom is 0.218 e. The predicted molar refractivity (Wildman–Crippen MR) is 119 cm³/mol. The van der Waals surface area contributed by atoms with E-state index in [0.717, 1.165) is 22.7 Å². The summed E-state index contributed by atoms with van der Waals surface area (Å²) < 4.78 is 37.6. The molecule has 1 N–H and O–H groups in total. The third-order valence-corrected chi connectivity index (χ3v) is 6.81. The first-order valence-corrected chi connectivity index (χ1v) is 11.5. The summed E-state index contributed by atoms with van der Waals surface area (Å²) in [5.41, 5.74) is 3.04. The molecule has 0 saturated carbocycles. The van der Waals surface area contributed by atoms with E-state index < -0.39 is 10.0 Å². The molecule has 4 rings (SSSR count). The average Bonchev–Trinajstić information content (AvgIpc) is 2.80. The molecule has 8 nitrogen and oxygen atoms in total. The van der Waals surface area contributed by atoms with Crippen molar-refractivity contribution in [3.8, 4) is 17.0 Å². The van der Waals surface area contributed by atoms with E-state index in [1.807, 2.05) is 54.6 Å². The number of methoxy groups -OCH3 is 1. The second-order valence-corrected chi connectivity index (χ2v) is 9.05. The van der Waals surface area contributed by atoms with Gasteiger partial charge in [0.25, 0.3) is 0 Å². The first-order chi connectivity index (χ1) is 15.0. The summed E-state index contributed by atoms with van der Waals surface area (Å²) >= 11 is 0. The third-order valence-electron chi connectivity index (χ3n) is 4.96. The highest BCUT2D eigenvalue weighted by Crippen LogP contribution is 2.29. The van der Waals surface area contributed by atoms with E-state index >= 15 is 0 Å². The summed E-state index contributed by atoms with van der Waals surface area (Å²) in [4.78, 5) is 8.64. The Balaban J connectivity index is 1.52. The number of hydrogen-bond acceptors (Lipinski definition) is 7. The van der Waals surface area contributed by atoms with E-state index in [1.165, 1.54) is 10.6 Å². The summed E-state index contributed by atoms with van der Waals surface area (Å²) in [7, 11) is -1.77. The van der Waals surface area contributed by atoms with Crippen molar-refractivity contribution in [1.82, 2.24) is 14.3 Å². The van der Waals surface area contributed by atoms with Crippen molar-refractivity contribution in [2.24, 2.45) is 0 Å². The van der Waals surface area contributed by atoms with Crippen LogP contribution in [0.15, 0.2) is 60.9 Å². The van der Waals surface area contributed by atoms with E-state index in [1.54, 1.807) is 7.11 Å². The van der Waals surface area contributed by atoms with Gasteiger partial charge in [-0.15, -0.1) is 0 Å². The van der Waals surface area contributed by atoms with Crippen LogP contribution in [0.4, 0.5) is 11.5 Å². The van der Waals surface area contributed by atoms with E-state index in [9.17, 15) is 8.42 Å². The van der Waals surface area contributed by atoms with Gasteiger partial charge < -0.3 is 14.8 Å². The molecule has 0 unspecified atom stereocenters. The molecule has 1 fully saturated rings. The van der Waals surface area contributed by atoms with Gasteiger partial charge >= 0.3 is 0 Å². The molecule has 1 aliphatic heterocycles. The van der Waals surface area contributed by atoms with E-state index in [-0.39, 0.29) is 5.75 Å². The zero-order chi connectivity index (χ0) is 21.7. The number of para-hydroxylation sites is 1. The van der Waals surface area contributed by atoms with Crippen molar-refractivity contribution in [2.75, 3.05) is 38.7 Å². The van der Waals surface area contributed by atoms with Crippen LogP contribution in [-0.4, -0.2) is 56.1 Å². The van der Waals surface area contributed by atoms with Gasteiger partial charge in [-0.25, -0.2) is 18.4 Å². The summed E-state index contributed by atoms with van der Waals surface area (Å²) in [5.74, 6) is 1.27. The minimum Gasteiger partial charge on any atom is -0.496 e. The highest BCUT2D eigenvalue weighted by atomic mass is 32.2. The van der Waals surface area contributed by atoms with Crippen molar-refractivity contribution in [3.05, 3.63) is 66.5 Å². The number of sulfonamides is 1. The molecule has 0 aliphatic carbocycles. The normalized spacial score (nSPS) is 14.9. The lowest BCUT2D eigenvalue weighted by molar-refractivity contribution is 0.0729. The number of aromatic nitrogens is 2. The molecule has 0 atom stereocenters. The number of nitrogens with one attached hydrogen (secondary N) is 1. The molecule has 0 bridgehead atoms. The van der Waals surface area contributed by atoms with Crippen LogP contribution in [0.3, 0.4) is 0 Å². The maximum absolute atomic E-state index is 12.7. The first kappa shape index (κ1) is 21.2. The van der Waals surface area contributed by atoms with Gasteiger partial charge in [0.05, 0.1) is 31.8 Å². The third kappa shape index (κ3) is 5.19. The molecule has 1 aromatic heterocycles. The van der Waals surface area contributed by atoms with E-state index in [4.69, 9.17) is 9.47 Å². The fourth-order valence-electron chi connectivity index (χ4n) is 3.44. The van der Waals surface area contributed by atoms with Gasteiger partial charge in [0.15, 0.2) is 0 Å². The van der Waals surface area contributed by atoms with Gasteiger partial charge in [0, 0.05) is 30.4 Å². The lowest BCUT2D eigenvalue weighted by atomic mass is 10.1. The SMILES string of the molecule is COc1ccccc1-c1cc(Nc2cccc(CS(=O)(=O)N3CCOCC3)c2)ncn1. The predicted octanol–water partition coefficient (Wildman–Crippen LogP) is 3.06. The van der Waals surface area contributed by atoms with Crippen LogP contribution in [-0.2, 0) is 20.5 Å². The van der Waals surface area contributed by atoms with Crippen LogP contribution in [0.2, 0.25) is 0 Å². The van der Waals surface area contributed by atoms with Crippen LogP contribution < -0.4 is 10.1 Å². The van der Waals surface area contributed by atoms with Crippen molar-refractivity contribution in [2.45, 2.75) is 5.75 Å². The van der Waals surface area contributed by atoms with Gasteiger partial charge in [-0.1, -0.05) is 24.3 Å². The number of hydrogen-bond donors (Lipinski definition) is 1. The number of rotatable bonds is 7. The Morgan fingerprint density at radius 1 is 1.06 bits per heavy atom. The molecule has 0 radical (unpaired) electrons. The minimum absolute atomic E-state index is 0.0568. The second kappa shape index (κ2) is 9.42. The molecule has 31 heavy (non-hydrogen) atoms. The maximum atomic E-state index is 12.7. The van der Waals surface area contributed by atoms with E-state index in [0.29, 0.717) is 37.7 Å². The van der Waals surface area contributed by atoms with Crippen LogP contribution >= 0.6 is 0 Å². The van der Waals surface area contributed by atoms with Crippen molar-refractivity contribution in [1.29, 1.82) is 0 Å². The molecule has 3 aromatic rings. The molecular formula is C22H24N4O4S. The summed E-state index contributed by atoms with van der Waals surface area (Å²) in [5, 5.41) is 3.24. The van der Waals surface area contributed by atoms with Gasteiger partial charge in [-0.2, -0.15) is 4.31 Å². The fourth-order valence-corrected chi connectivity index (χ4v) is 4.93. The zero-order valence-corrected chi connectivity index (χ0v) is 18.0. The Kier molecular flexibility index (Phi) is 6.45. The van der Waals surface area contributed by atoms with Gasteiger partial charge in [0.2, 0.25) is 10.0 Å². The van der Waals surface area contributed by atoms with Crippen molar-refractivity contribution in [3.63, 3.8) is 0 Å². The van der Waals surface area contributed by atoms with Crippen molar-refractivity contribution >= 4 is 21.5 Å². The van der Waals surface area contributed by atoms with Crippen LogP contribution in [0.1, 0.15) is 5.56 Å². The average molecular weight is 441 g/mol. The number of nitrogens with zero attached hydrogens (tertiary/aromatic N) is 3. The smallest absolute Gasteiger partial charge is 0.218 e. The lowest BCUT2D eigenvalue weighted by Crippen LogP contribution is -2.41. The highest BCUT2D eigenvalue weighted by molar-refractivity contribution is 7.88. The van der Waals surface area contributed by atoms with E-state index in [2.05, 4.69) is 15.3 Å². The molecule has 0 amide bonds. The molecule has 0 spiro atoms. The highest BCUT2D eigenvalue weighted by Gasteiger charge is 2.24. The molecular weight excluding hydrogens is 416 g/mol. The summed E-state index contributed by atoms with van der Waals surface area (Å²) in [6.07, 6.45) is 1.48. The monoisotopic (exact) mass is 440 g/mol. The largest absolute Gasteiger partial charge is 0.496 e. The summed E-state index contributed by atoms with van der Waals surface area (Å²) in [6, 6.07) is 16.8. The Morgan fingerprint density at radius 2 is 1.87 bits per heavy atom. The molecule has 162 valence electrons. The quantitative estimate of drug-likeness (QED) is 0.603. The summed E-state index contributed by atoms with van der Waals surface area (Å²) in [6.45, 7) is 1.66. The number of ether oxygens (including phenoxy) is 2. The Bertz CT molecular complexity index is 1150. The lowest BCUT2D eigenvalue weighted by Gasteiger charge is -2.26. The Labute approximate surface area is 181 Å². The second-order valence-electron chi connectivity index (χ2n) is 7.08. The molecule has 2 aromatic carbocycles. The van der Waals surface area contributed by atoms with Gasteiger partial charge in [-0.3, -0.25) is 0 Å². The number of morpholine rings is 1. The Hall–Kier alpha value is -3.01. The molecule has 1 aliphatic rings. The van der Waals surface area contributed by atoms with Crippen LogP contribution in [0.25, 0.3) is 11.3 Å². The number of benzene rings is 2. The van der Waals surface area contributed by atoms with Gasteiger partial charge in [0.1, 0.15) is 17.9 Å². The first-order valence-electron chi connectivity index (χ1n) is 9.92. The van der Waals surface area contributed by atoms with Crippen LogP contribution in [0, 0.1) is 0 Å². The standard InChI is InChI=1S/C22H24N4O4S/c1-29-21-8-3-2-7-19(21)20-14-22(24-16-23-20)25-18-6-4-5-17(13-18)15-31(27,28)26-9-11-30-12-10-26/h2-8,13-14,16H,9-12,15H2,1H3,(H,23,24,25). The van der Waals surface area contributed by atoms with Crippen LogP contribution in [0.5, 0.6) is 5.75 Å². The molecule has 1 saturated heterocycles. The zero-order valence-electron chi connectivity index (χ0n) is 17.2. The van der Waals surface area contributed by atoms with Gasteiger partial charge in [-0.05, 0) is 29.8 Å². The number of anilines is 2. The topological polar surface area (TPSA) is 93.7 Å². The minimum atomic E-state index is -3.39. The Morgan fingerprint density at radius 3 is 2.68 bits per heavy atom. The van der Waals surface area contributed by atoms with Crippen molar-refractivity contribution < 1.29 is 17.9 Å².